The monoisotopic (exact) mass is 364 g/mol. The molecule has 134 valence electrons. The number of sulfonamides is 1. The topological polar surface area (TPSA) is 96.6 Å². The van der Waals surface area contributed by atoms with E-state index >= 15 is 0 Å². The molecule has 1 aliphatic heterocycles. The normalized spacial score (nSPS) is 16.2. The standard InChI is InChI=1S/C16H20N4O4S/c1-12-3-5-14(6-4-12)11-25(22,23)20-9-7-19(8-10-20)16(21)15-18-17-13(2)24-15/h3-6H,7-11H2,1-2H3. The molecule has 25 heavy (non-hydrogen) atoms. The zero-order chi connectivity index (χ0) is 18.0. The fraction of sp³-hybridized carbons (Fsp3) is 0.438. The summed E-state index contributed by atoms with van der Waals surface area (Å²) in [7, 11) is -3.41. The highest BCUT2D eigenvalue weighted by Crippen LogP contribution is 2.15. The molecular weight excluding hydrogens is 344 g/mol. The van der Waals surface area contributed by atoms with Crippen molar-refractivity contribution in [1.29, 1.82) is 0 Å². The van der Waals surface area contributed by atoms with E-state index < -0.39 is 10.0 Å². The summed E-state index contributed by atoms with van der Waals surface area (Å²) in [5.74, 6) is -0.142. The minimum absolute atomic E-state index is 0.0376. The van der Waals surface area contributed by atoms with Crippen molar-refractivity contribution in [1.82, 2.24) is 19.4 Å². The van der Waals surface area contributed by atoms with Gasteiger partial charge in [0.05, 0.1) is 5.75 Å². The Kier molecular flexibility index (Phi) is 4.87. The number of piperazine rings is 1. The second-order valence-corrected chi connectivity index (χ2v) is 8.03. The Bertz CT molecular complexity index is 853. The SMILES string of the molecule is Cc1ccc(CS(=O)(=O)N2CCN(C(=O)c3nnc(C)o3)CC2)cc1. The van der Waals surface area contributed by atoms with E-state index in [1.807, 2.05) is 31.2 Å². The van der Waals surface area contributed by atoms with Crippen molar-refractivity contribution in [3.05, 3.63) is 47.2 Å². The van der Waals surface area contributed by atoms with Crippen LogP contribution in [0.15, 0.2) is 28.7 Å². The molecule has 9 heteroatoms. The van der Waals surface area contributed by atoms with Gasteiger partial charge in [0.15, 0.2) is 0 Å². The van der Waals surface area contributed by atoms with Crippen LogP contribution in [0.5, 0.6) is 0 Å². The summed E-state index contributed by atoms with van der Waals surface area (Å²) in [5.41, 5.74) is 1.84. The molecule has 1 amide bonds. The Morgan fingerprint density at radius 1 is 1.08 bits per heavy atom. The maximum atomic E-state index is 12.6. The molecular formula is C16H20N4O4S. The number of benzene rings is 1. The molecule has 0 unspecified atom stereocenters. The maximum absolute atomic E-state index is 12.6. The van der Waals surface area contributed by atoms with Crippen molar-refractivity contribution in [2.45, 2.75) is 19.6 Å². The first-order valence-corrected chi connectivity index (χ1v) is 9.59. The highest BCUT2D eigenvalue weighted by atomic mass is 32.2. The molecule has 2 heterocycles. The van der Waals surface area contributed by atoms with Gasteiger partial charge in [0.25, 0.3) is 0 Å². The molecule has 1 fully saturated rings. The van der Waals surface area contributed by atoms with Crippen LogP contribution in [0.3, 0.4) is 0 Å². The van der Waals surface area contributed by atoms with Crippen LogP contribution >= 0.6 is 0 Å². The Labute approximate surface area is 146 Å². The average molecular weight is 364 g/mol. The zero-order valence-electron chi connectivity index (χ0n) is 14.2. The van der Waals surface area contributed by atoms with Gasteiger partial charge in [-0.2, -0.15) is 4.31 Å². The molecule has 0 aliphatic carbocycles. The molecule has 0 radical (unpaired) electrons. The second-order valence-electron chi connectivity index (χ2n) is 6.06. The van der Waals surface area contributed by atoms with Gasteiger partial charge in [0.1, 0.15) is 0 Å². The summed E-state index contributed by atoms with van der Waals surface area (Å²) >= 11 is 0. The summed E-state index contributed by atoms with van der Waals surface area (Å²) in [6, 6.07) is 7.44. The number of amides is 1. The minimum Gasteiger partial charge on any atom is -0.417 e. The molecule has 1 aromatic heterocycles. The van der Waals surface area contributed by atoms with Crippen LogP contribution in [0.25, 0.3) is 0 Å². The van der Waals surface area contributed by atoms with Crippen molar-refractivity contribution in [3.63, 3.8) is 0 Å². The fourth-order valence-electron chi connectivity index (χ4n) is 2.67. The van der Waals surface area contributed by atoms with Gasteiger partial charge in [-0.15, -0.1) is 10.2 Å². The third-order valence-electron chi connectivity index (χ3n) is 4.10. The minimum atomic E-state index is -3.41. The third-order valence-corrected chi connectivity index (χ3v) is 5.95. The quantitative estimate of drug-likeness (QED) is 0.802. The summed E-state index contributed by atoms with van der Waals surface area (Å²) < 4.78 is 31.7. The van der Waals surface area contributed by atoms with E-state index in [9.17, 15) is 13.2 Å². The second kappa shape index (κ2) is 6.93. The molecule has 1 aromatic carbocycles. The molecule has 0 atom stereocenters. The number of hydrogen-bond donors (Lipinski definition) is 0. The molecule has 2 aromatic rings. The van der Waals surface area contributed by atoms with Gasteiger partial charge in [0.2, 0.25) is 15.9 Å². The fourth-order valence-corrected chi connectivity index (χ4v) is 4.19. The van der Waals surface area contributed by atoms with Crippen molar-refractivity contribution in [3.8, 4) is 0 Å². The number of aryl methyl sites for hydroxylation is 2. The molecule has 1 saturated heterocycles. The van der Waals surface area contributed by atoms with Gasteiger partial charge in [-0.25, -0.2) is 8.42 Å². The van der Waals surface area contributed by atoms with Crippen LogP contribution in [0.2, 0.25) is 0 Å². The van der Waals surface area contributed by atoms with Gasteiger partial charge in [-0.1, -0.05) is 29.8 Å². The lowest BCUT2D eigenvalue weighted by Gasteiger charge is -2.33. The lowest BCUT2D eigenvalue weighted by atomic mass is 10.2. The molecule has 0 bridgehead atoms. The van der Waals surface area contributed by atoms with Gasteiger partial charge in [0, 0.05) is 33.1 Å². The number of hydrogen-bond acceptors (Lipinski definition) is 6. The summed E-state index contributed by atoms with van der Waals surface area (Å²) in [6.45, 7) is 4.68. The van der Waals surface area contributed by atoms with E-state index in [4.69, 9.17) is 4.42 Å². The van der Waals surface area contributed by atoms with Crippen LogP contribution in [-0.4, -0.2) is 59.9 Å². The van der Waals surface area contributed by atoms with Gasteiger partial charge >= 0.3 is 11.8 Å². The van der Waals surface area contributed by atoms with Crippen LogP contribution < -0.4 is 0 Å². The predicted molar refractivity (Wildman–Crippen MR) is 90.3 cm³/mol. The zero-order valence-corrected chi connectivity index (χ0v) is 15.0. The number of carbonyl (C=O) groups excluding carboxylic acids is 1. The van der Waals surface area contributed by atoms with Gasteiger partial charge in [-0.3, -0.25) is 4.79 Å². The van der Waals surface area contributed by atoms with Crippen LogP contribution in [0, 0.1) is 13.8 Å². The van der Waals surface area contributed by atoms with E-state index in [1.54, 1.807) is 6.92 Å². The van der Waals surface area contributed by atoms with Crippen LogP contribution in [0.1, 0.15) is 27.7 Å². The number of nitrogens with zero attached hydrogens (tertiary/aromatic N) is 4. The first-order chi connectivity index (χ1) is 11.8. The van der Waals surface area contributed by atoms with Crippen molar-refractivity contribution in [2.24, 2.45) is 0 Å². The van der Waals surface area contributed by atoms with Crippen molar-refractivity contribution < 1.29 is 17.6 Å². The van der Waals surface area contributed by atoms with Crippen LogP contribution in [-0.2, 0) is 15.8 Å². The van der Waals surface area contributed by atoms with E-state index in [2.05, 4.69) is 10.2 Å². The molecule has 3 rings (SSSR count). The summed E-state index contributed by atoms with van der Waals surface area (Å²) in [4.78, 5) is 13.8. The average Bonchev–Trinajstić information content (AvgIpc) is 3.03. The molecule has 8 nitrogen and oxygen atoms in total. The molecule has 0 saturated carbocycles. The highest BCUT2D eigenvalue weighted by Gasteiger charge is 2.31. The van der Waals surface area contributed by atoms with Gasteiger partial charge in [-0.05, 0) is 12.5 Å². The largest absolute Gasteiger partial charge is 0.417 e. The lowest BCUT2D eigenvalue weighted by Crippen LogP contribution is -2.50. The van der Waals surface area contributed by atoms with Gasteiger partial charge < -0.3 is 9.32 Å². The Balaban J connectivity index is 1.61. The lowest BCUT2D eigenvalue weighted by molar-refractivity contribution is 0.0656. The molecule has 0 N–H and O–H groups in total. The Morgan fingerprint density at radius 2 is 1.72 bits per heavy atom. The number of carbonyl (C=O) groups is 1. The first kappa shape index (κ1) is 17.6. The Morgan fingerprint density at radius 3 is 2.28 bits per heavy atom. The molecule has 0 spiro atoms. The van der Waals surface area contributed by atoms with Crippen molar-refractivity contribution >= 4 is 15.9 Å². The number of rotatable bonds is 4. The predicted octanol–water partition coefficient (Wildman–Crippen LogP) is 0.974. The smallest absolute Gasteiger partial charge is 0.311 e. The Hall–Kier alpha value is -2.26. The van der Waals surface area contributed by atoms with E-state index in [0.717, 1.165) is 11.1 Å². The summed E-state index contributed by atoms with van der Waals surface area (Å²) in [5, 5.41) is 7.35. The third kappa shape index (κ3) is 4.05. The van der Waals surface area contributed by atoms with Crippen LogP contribution in [0.4, 0.5) is 0 Å². The first-order valence-electron chi connectivity index (χ1n) is 7.98. The highest BCUT2D eigenvalue weighted by molar-refractivity contribution is 7.88. The summed E-state index contributed by atoms with van der Waals surface area (Å²) in [6.07, 6.45) is 0. The van der Waals surface area contributed by atoms with Crippen molar-refractivity contribution in [2.75, 3.05) is 26.2 Å². The maximum Gasteiger partial charge on any atom is 0.311 e. The van der Waals surface area contributed by atoms with E-state index in [1.165, 1.54) is 9.21 Å². The molecule has 1 aliphatic rings. The van der Waals surface area contributed by atoms with E-state index in [-0.39, 0.29) is 30.6 Å². The van der Waals surface area contributed by atoms with E-state index in [0.29, 0.717) is 19.0 Å². The number of aromatic nitrogens is 2.